The summed E-state index contributed by atoms with van der Waals surface area (Å²) < 4.78 is 2.00. The maximum absolute atomic E-state index is 5.71. The molecule has 0 saturated heterocycles. The van der Waals surface area contributed by atoms with Crippen molar-refractivity contribution in [3.05, 3.63) is 43.0 Å². The highest BCUT2D eigenvalue weighted by Crippen LogP contribution is 2.20. The molecule has 0 amide bonds. The fourth-order valence-electron chi connectivity index (χ4n) is 1.95. The van der Waals surface area contributed by atoms with E-state index in [-0.39, 0.29) is 5.95 Å². The fraction of sp³-hybridized carbons (Fsp3) is 0.154. The molecule has 0 aliphatic rings. The van der Waals surface area contributed by atoms with Crippen LogP contribution in [0, 0.1) is 0 Å². The molecular weight excluding hydrogens is 240 g/mol. The van der Waals surface area contributed by atoms with Gasteiger partial charge in [-0.1, -0.05) is 12.1 Å². The average Bonchev–Trinajstić information content (AvgIpc) is 2.91. The van der Waals surface area contributed by atoms with Crippen LogP contribution in [0.1, 0.15) is 0 Å². The Labute approximate surface area is 110 Å². The van der Waals surface area contributed by atoms with Crippen molar-refractivity contribution in [1.82, 2.24) is 19.5 Å². The van der Waals surface area contributed by atoms with E-state index < -0.39 is 0 Å². The lowest BCUT2D eigenvalue weighted by molar-refractivity contribution is 0.726. The van der Waals surface area contributed by atoms with E-state index >= 15 is 0 Å². The summed E-state index contributed by atoms with van der Waals surface area (Å²) in [5, 5.41) is 4.26. The number of rotatable bonds is 4. The standard InChI is InChI=1S/C13H14N6/c14-13-17-11-4-2-1-3-10(11)12(18-13)16-6-8-19-7-5-15-9-19/h1-5,7,9H,6,8H2,(H3,14,16,17,18). The number of hydrogen-bond acceptors (Lipinski definition) is 5. The quantitative estimate of drug-likeness (QED) is 0.737. The van der Waals surface area contributed by atoms with Gasteiger partial charge in [0.2, 0.25) is 5.95 Å². The molecule has 3 N–H and O–H groups in total. The third-order valence-corrected chi connectivity index (χ3v) is 2.84. The molecule has 3 aromatic rings. The average molecular weight is 254 g/mol. The first-order valence-electron chi connectivity index (χ1n) is 6.05. The molecule has 0 radical (unpaired) electrons. The van der Waals surface area contributed by atoms with E-state index in [1.54, 1.807) is 12.5 Å². The lowest BCUT2D eigenvalue weighted by Crippen LogP contribution is -2.11. The second-order valence-electron chi connectivity index (χ2n) is 4.17. The van der Waals surface area contributed by atoms with Gasteiger partial charge in [0.1, 0.15) is 5.82 Å². The summed E-state index contributed by atoms with van der Waals surface area (Å²) >= 11 is 0. The molecule has 2 heterocycles. The van der Waals surface area contributed by atoms with Crippen molar-refractivity contribution in [3.63, 3.8) is 0 Å². The maximum Gasteiger partial charge on any atom is 0.222 e. The van der Waals surface area contributed by atoms with Crippen LogP contribution in [0.15, 0.2) is 43.0 Å². The minimum absolute atomic E-state index is 0.281. The van der Waals surface area contributed by atoms with E-state index in [0.29, 0.717) is 0 Å². The number of nitrogens with two attached hydrogens (primary N) is 1. The Morgan fingerprint density at radius 3 is 2.95 bits per heavy atom. The first-order valence-corrected chi connectivity index (χ1v) is 6.05. The highest BCUT2D eigenvalue weighted by molar-refractivity contribution is 5.89. The van der Waals surface area contributed by atoms with Gasteiger partial charge < -0.3 is 15.6 Å². The van der Waals surface area contributed by atoms with Crippen LogP contribution in [0.5, 0.6) is 0 Å². The summed E-state index contributed by atoms with van der Waals surface area (Å²) in [5.41, 5.74) is 6.56. The van der Waals surface area contributed by atoms with Crippen LogP contribution < -0.4 is 11.1 Å². The molecule has 0 aliphatic heterocycles. The zero-order valence-electron chi connectivity index (χ0n) is 10.3. The Bertz CT molecular complexity index is 677. The first-order chi connectivity index (χ1) is 9.33. The lowest BCUT2D eigenvalue weighted by Gasteiger charge is -2.09. The van der Waals surface area contributed by atoms with Gasteiger partial charge in [-0.05, 0) is 12.1 Å². The predicted molar refractivity (Wildman–Crippen MR) is 74.7 cm³/mol. The smallest absolute Gasteiger partial charge is 0.222 e. The van der Waals surface area contributed by atoms with Gasteiger partial charge in [-0.25, -0.2) is 9.97 Å². The molecule has 1 aromatic carbocycles. The van der Waals surface area contributed by atoms with Crippen LogP contribution in [-0.2, 0) is 6.54 Å². The van der Waals surface area contributed by atoms with E-state index in [1.165, 1.54) is 0 Å². The zero-order valence-corrected chi connectivity index (χ0v) is 10.3. The molecule has 0 unspecified atom stereocenters. The summed E-state index contributed by atoms with van der Waals surface area (Å²) in [6.45, 7) is 1.56. The number of nitrogens with one attached hydrogen (secondary N) is 1. The van der Waals surface area contributed by atoms with E-state index in [2.05, 4.69) is 20.3 Å². The van der Waals surface area contributed by atoms with Crippen molar-refractivity contribution in [2.24, 2.45) is 0 Å². The predicted octanol–water partition coefficient (Wildman–Crippen LogP) is 1.52. The minimum Gasteiger partial charge on any atom is -0.368 e. The SMILES string of the molecule is Nc1nc(NCCn2ccnc2)c2ccccc2n1. The monoisotopic (exact) mass is 254 g/mol. The molecule has 0 spiro atoms. The molecular formula is C13H14N6. The molecule has 2 aromatic heterocycles. The Morgan fingerprint density at radius 2 is 2.11 bits per heavy atom. The van der Waals surface area contributed by atoms with Crippen LogP contribution in [0.25, 0.3) is 10.9 Å². The summed E-state index contributed by atoms with van der Waals surface area (Å²) in [6, 6.07) is 7.80. The Kier molecular flexibility index (Phi) is 2.97. The zero-order chi connectivity index (χ0) is 13.1. The van der Waals surface area contributed by atoms with Gasteiger partial charge >= 0.3 is 0 Å². The number of hydrogen-bond donors (Lipinski definition) is 2. The number of nitrogens with zero attached hydrogens (tertiary/aromatic N) is 4. The van der Waals surface area contributed by atoms with Gasteiger partial charge in [0.25, 0.3) is 0 Å². The summed E-state index contributed by atoms with van der Waals surface area (Å²) in [7, 11) is 0. The van der Waals surface area contributed by atoms with Gasteiger partial charge in [0.05, 0.1) is 11.8 Å². The van der Waals surface area contributed by atoms with Crippen molar-refractivity contribution in [1.29, 1.82) is 0 Å². The van der Waals surface area contributed by atoms with Gasteiger partial charge in [0, 0.05) is 30.9 Å². The first kappa shape index (κ1) is 11.5. The van der Waals surface area contributed by atoms with E-state index in [9.17, 15) is 0 Å². The molecule has 0 aliphatic carbocycles. The van der Waals surface area contributed by atoms with Crippen molar-refractivity contribution in [3.8, 4) is 0 Å². The highest BCUT2D eigenvalue weighted by atomic mass is 15.1. The molecule has 6 heteroatoms. The summed E-state index contributed by atoms with van der Waals surface area (Å²) in [5.74, 6) is 1.05. The fourth-order valence-corrected chi connectivity index (χ4v) is 1.95. The van der Waals surface area contributed by atoms with E-state index in [1.807, 2.05) is 35.0 Å². The number of imidazole rings is 1. The van der Waals surface area contributed by atoms with E-state index in [4.69, 9.17) is 5.73 Å². The van der Waals surface area contributed by atoms with Crippen molar-refractivity contribution >= 4 is 22.7 Å². The van der Waals surface area contributed by atoms with Crippen LogP contribution in [0.2, 0.25) is 0 Å². The largest absolute Gasteiger partial charge is 0.368 e. The van der Waals surface area contributed by atoms with Gasteiger partial charge in [-0.2, -0.15) is 4.98 Å². The summed E-state index contributed by atoms with van der Waals surface area (Å²) in [4.78, 5) is 12.5. The molecule has 0 fully saturated rings. The van der Waals surface area contributed by atoms with Crippen LogP contribution in [0.4, 0.5) is 11.8 Å². The van der Waals surface area contributed by atoms with Gasteiger partial charge in [0.15, 0.2) is 0 Å². The van der Waals surface area contributed by atoms with Crippen LogP contribution >= 0.6 is 0 Å². The normalized spacial score (nSPS) is 10.7. The number of anilines is 2. The maximum atomic E-state index is 5.71. The molecule has 96 valence electrons. The number of fused-ring (bicyclic) bond motifs is 1. The molecule has 3 rings (SSSR count). The number of benzene rings is 1. The topological polar surface area (TPSA) is 81.6 Å². The Hall–Kier alpha value is -2.63. The Balaban J connectivity index is 1.80. The second-order valence-corrected chi connectivity index (χ2v) is 4.17. The summed E-state index contributed by atoms with van der Waals surface area (Å²) in [6.07, 6.45) is 5.47. The van der Waals surface area contributed by atoms with Crippen molar-refractivity contribution in [2.75, 3.05) is 17.6 Å². The van der Waals surface area contributed by atoms with Crippen LogP contribution in [-0.4, -0.2) is 26.1 Å². The molecule has 0 atom stereocenters. The molecule has 6 nitrogen and oxygen atoms in total. The molecule has 0 bridgehead atoms. The molecule has 0 saturated carbocycles. The number of aromatic nitrogens is 4. The third-order valence-electron chi connectivity index (χ3n) is 2.84. The third kappa shape index (κ3) is 2.47. The van der Waals surface area contributed by atoms with Crippen LogP contribution in [0.3, 0.4) is 0 Å². The second kappa shape index (κ2) is 4.93. The molecule has 19 heavy (non-hydrogen) atoms. The van der Waals surface area contributed by atoms with Crippen molar-refractivity contribution in [2.45, 2.75) is 6.54 Å². The number of para-hydroxylation sites is 1. The Morgan fingerprint density at radius 1 is 1.21 bits per heavy atom. The van der Waals surface area contributed by atoms with Gasteiger partial charge in [-0.15, -0.1) is 0 Å². The lowest BCUT2D eigenvalue weighted by atomic mass is 10.2. The van der Waals surface area contributed by atoms with Gasteiger partial charge in [-0.3, -0.25) is 0 Å². The minimum atomic E-state index is 0.281. The van der Waals surface area contributed by atoms with E-state index in [0.717, 1.165) is 29.8 Å². The highest BCUT2D eigenvalue weighted by Gasteiger charge is 2.04. The number of nitrogen functional groups attached to an aromatic ring is 1. The van der Waals surface area contributed by atoms with Crippen molar-refractivity contribution < 1.29 is 0 Å².